The maximum absolute atomic E-state index is 13.7. The van der Waals surface area contributed by atoms with Gasteiger partial charge in [-0.2, -0.15) is 0 Å². The maximum atomic E-state index is 13.7. The molecule has 1 fully saturated rings. The zero-order valence-corrected chi connectivity index (χ0v) is 20.1. The molecule has 1 saturated heterocycles. The van der Waals surface area contributed by atoms with Crippen LogP contribution in [0.2, 0.25) is 0 Å². The Morgan fingerprint density at radius 1 is 1.14 bits per heavy atom. The van der Waals surface area contributed by atoms with Gasteiger partial charge in [0.2, 0.25) is 11.8 Å². The number of Topliss-reactive ketones (excluding diaryl/α,β-unsaturated/α-hetero) is 1. The summed E-state index contributed by atoms with van der Waals surface area (Å²) in [5.41, 5.74) is 7.29. The predicted octanol–water partition coefficient (Wildman–Crippen LogP) is 3.17. The highest BCUT2D eigenvalue weighted by Crippen LogP contribution is 2.23. The van der Waals surface area contributed by atoms with Crippen LogP contribution < -0.4 is 5.73 Å². The summed E-state index contributed by atoms with van der Waals surface area (Å²) < 4.78 is 0. The van der Waals surface area contributed by atoms with E-state index in [1.807, 2.05) is 44.2 Å². The second-order valence-corrected chi connectivity index (χ2v) is 9.02. The van der Waals surface area contributed by atoms with Crippen LogP contribution in [-0.2, 0) is 16.1 Å². The van der Waals surface area contributed by atoms with Gasteiger partial charge in [-0.1, -0.05) is 50.6 Å². The van der Waals surface area contributed by atoms with Gasteiger partial charge >= 0.3 is 0 Å². The highest BCUT2D eigenvalue weighted by atomic mass is 16.6. The van der Waals surface area contributed by atoms with Crippen molar-refractivity contribution in [3.05, 3.63) is 75.8 Å². The van der Waals surface area contributed by atoms with Gasteiger partial charge in [-0.25, -0.2) is 0 Å². The van der Waals surface area contributed by atoms with Crippen LogP contribution >= 0.6 is 0 Å². The summed E-state index contributed by atoms with van der Waals surface area (Å²) in [6.45, 7) is 4.48. The topological polar surface area (TPSA) is 127 Å². The number of likely N-dealkylation sites (tertiary alicyclic amines) is 1. The molecule has 2 N–H and O–H groups in total. The minimum atomic E-state index is -0.802. The number of carbonyl (C=O) groups is 3. The number of nitro benzene ring substituents is 1. The van der Waals surface area contributed by atoms with Crippen LogP contribution in [0.1, 0.15) is 49.0 Å². The van der Waals surface area contributed by atoms with Gasteiger partial charge in [0, 0.05) is 17.7 Å². The quantitative estimate of drug-likeness (QED) is 0.314. The average Bonchev–Trinajstić information content (AvgIpc) is 3.34. The molecular formula is C26H32N4O5. The number of non-ortho nitro benzene ring substituents is 1. The summed E-state index contributed by atoms with van der Waals surface area (Å²) >= 11 is 0. The molecule has 0 unspecified atom stereocenters. The van der Waals surface area contributed by atoms with Gasteiger partial charge in [-0.15, -0.1) is 0 Å². The Labute approximate surface area is 205 Å². The van der Waals surface area contributed by atoms with E-state index in [0.29, 0.717) is 31.4 Å². The van der Waals surface area contributed by atoms with E-state index in [4.69, 9.17) is 5.73 Å². The van der Waals surface area contributed by atoms with Crippen molar-refractivity contribution in [3.8, 4) is 0 Å². The van der Waals surface area contributed by atoms with Gasteiger partial charge < -0.3 is 5.73 Å². The largest absolute Gasteiger partial charge is 0.320 e. The van der Waals surface area contributed by atoms with E-state index in [9.17, 15) is 24.5 Å². The van der Waals surface area contributed by atoms with Crippen molar-refractivity contribution < 1.29 is 19.3 Å². The Morgan fingerprint density at radius 3 is 2.40 bits per heavy atom. The van der Waals surface area contributed by atoms with E-state index in [1.165, 1.54) is 29.2 Å². The molecule has 2 aromatic carbocycles. The Bertz CT molecular complexity index is 1060. The average molecular weight is 481 g/mol. The molecular weight excluding hydrogens is 448 g/mol. The number of carbonyl (C=O) groups excluding carboxylic acids is 3. The van der Waals surface area contributed by atoms with E-state index in [1.54, 1.807) is 4.90 Å². The molecule has 9 heteroatoms. The molecule has 1 heterocycles. The van der Waals surface area contributed by atoms with E-state index in [2.05, 4.69) is 0 Å². The predicted molar refractivity (Wildman–Crippen MR) is 131 cm³/mol. The number of imide groups is 1. The van der Waals surface area contributed by atoms with Crippen LogP contribution in [-0.4, -0.2) is 57.5 Å². The third kappa shape index (κ3) is 6.37. The number of ketones is 1. The molecule has 35 heavy (non-hydrogen) atoms. The lowest BCUT2D eigenvalue weighted by atomic mass is 9.98. The summed E-state index contributed by atoms with van der Waals surface area (Å²) in [7, 11) is 0. The lowest BCUT2D eigenvalue weighted by Crippen LogP contribution is -2.54. The normalized spacial score (nSPS) is 17.5. The van der Waals surface area contributed by atoms with Crippen LogP contribution in [0.4, 0.5) is 5.69 Å². The molecule has 0 aliphatic carbocycles. The summed E-state index contributed by atoms with van der Waals surface area (Å²) in [5.74, 6) is -1.10. The third-order valence-corrected chi connectivity index (χ3v) is 6.65. The standard InChI is InChI=1S/C26H32N4O5/c1-3-18(2)24(27)26(33)29(16-19-8-5-4-6-9-19)25(32)22-10-7-15-28(22)17-23(31)20-11-13-21(14-12-20)30(34)35/h4-6,8-9,11-14,18,22,24H,3,7,10,15-17,27H2,1-2H3/t18-,22-,24-/m0/s1. The van der Waals surface area contributed by atoms with Crippen LogP contribution in [0.25, 0.3) is 0 Å². The van der Waals surface area contributed by atoms with Crippen LogP contribution in [0.3, 0.4) is 0 Å². The van der Waals surface area contributed by atoms with Gasteiger partial charge in [-0.3, -0.25) is 34.3 Å². The van der Waals surface area contributed by atoms with Crippen molar-refractivity contribution in [2.75, 3.05) is 13.1 Å². The number of hydrogen-bond donors (Lipinski definition) is 1. The van der Waals surface area contributed by atoms with Crippen molar-refractivity contribution >= 4 is 23.3 Å². The molecule has 1 aliphatic rings. The molecule has 3 rings (SSSR count). The first-order valence-corrected chi connectivity index (χ1v) is 11.9. The zero-order chi connectivity index (χ0) is 25.5. The van der Waals surface area contributed by atoms with E-state index < -0.39 is 22.9 Å². The van der Waals surface area contributed by atoms with E-state index in [-0.39, 0.29) is 36.4 Å². The Hall–Kier alpha value is -3.43. The van der Waals surface area contributed by atoms with Crippen molar-refractivity contribution in [3.63, 3.8) is 0 Å². The second-order valence-electron chi connectivity index (χ2n) is 9.02. The van der Waals surface area contributed by atoms with Crippen LogP contribution in [0, 0.1) is 16.0 Å². The number of amides is 2. The third-order valence-electron chi connectivity index (χ3n) is 6.65. The Balaban J connectivity index is 1.79. The molecule has 0 radical (unpaired) electrons. The SMILES string of the molecule is CC[C@H](C)[C@H](N)C(=O)N(Cc1ccccc1)C(=O)[C@@H]1CCCN1CC(=O)c1ccc([N+](=O)[O-])cc1. The lowest BCUT2D eigenvalue weighted by molar-refractivity contribution is -0.384. The van der Waals surface area contributed by atoms with Crippen LogP contribution in [0.5, 0.6) is 0 Å². The van der Waals surface area contributed by atoms with Gasteiger partial charge in [-0.05, 0) is 43.0 Å². The van der Waals surface area contributed by atoms with Gasteiger partial charge in [0.1, 0.15) is 0 Å². The molecule has 0 spiro atoms. The fourth-order valence-corrected chi connectivity index (χ4v) is 4.23. The van der Waals surface area contributed by atoms with Crippen molar-refractivity contribution in [1.82, 2.24) is 9.80 Å². The minimum absolute atomic E-state index is 0.0149. The fourth-order valence-electron chi connectivity index (χ4n) is 4.23. The van der Waals surface area contributed by atoms with Crippen LogP contribution in [0.15, 0.2) is 54.6 Å². The zero-order valence-electron chi connectivity index (χ0n) is 20.1. The van der Waals surface area contributed by atoms with E-state index in [0.717, 1.165) is 5.56 Å². The highest BCUT2D eigenvalue weighted by molar-refractivity contribution is 6.01. The number of hydrogen-bond acceptors (Lipinski definition) is 7. The summed E-state index contributed by atoms with van der Waals surface area (Å²) in [4.78, 5) is 53.2. The number of nitrogens with zero attached hydrogens (tertiary/aromatic N) is 3. The first-order chi connectivity index (χ1) is 16.7. The molecule has 0 aromatic heterocycles. The molecule has 3 atom stereocenters. The highest BCUT2D eigenvalue weighted by Gasteiger charge is 2.38. The summed E-state index contributed by atoms with van der Waals surface area (Å²) in [5, 5.41) is 10.9. The summed E-state index contributed by atoms with van der Waals surface area (Å²) in [6.07, 6.45) is 1.96. The van der Waals surface area contributed by atoms with Crippen molar-refractivity contribution in [2.45, 2.75) is 51.7 Å². The van der Waals surface area contributed by atoms with Gasteiger partial charge in [0.25, 0.3) is 5.69 Å². The van der Waals surface area contributed by atoms with Crippen molar-refractivity contribution in [2.24, 2.45) is 11.7 Å². The van der Waals surface area contributed by atoms with Crippen molar-refractivity contribution in [1.29, 1.82) is 0 Å². The molecule has 0 saturated carbocycles. The lowest BCUT2D eigenvalue weighted by Gasteiger charge is -2.31. The molecule has 2 aromatic rings. The molecule has 186 valence electrons. The van der Waals surface area contributed by atoms with Gasteiger partial charge in [0.15, 0.2) is 5.78 Å². The maximum Gasteiger partial charge on any atom is 0.269 e. The first-order valence-electron chi connectivity index (χ1n) is 11.9. The smallest absolute Gasteiger partial charge is 0.269 e. The molecule has 1 aliphatic heterocycles. The minimum Gasteiger partial charge on any atom is -0.320 e. The monoisotopic (exact) mass is 480 g/mol. The molecule has 0 bridgehead atoms. The molecule has 9 nitrogen and oxygen atoms in total. The first kappa shape index (κ1) is 26.2. The fraction of sp³-hybridized carbons (Fsp3) is 0.423. The summed E-state index contributed by atoms with van der Waals surface area (Å²) in [6, 6.07) is 13.3. The number of nitrogens with two attached hydrogens (primary N) is 1. The Kier molecular flexibility index (Phi) is 8.84. The van der Waals surface area contributed by atoms with E-state index >= 15 is 0 Å². The number of rotatable bonds is 10. The number of benzene rings is 2. The van der Waals surface area contributed by atoms with Gasteiger partial charge in [0.05, 0.1) is 30.1 Å². The second kappa shape index (κ2) is 11.8. The Morgan fingerprint density at radius 2 is 1.80 bits per heavy atom. The number of nitro groups is 1. The molecule has 2 amide bonds.